The smallest absolute Gasteiger partial charge is 0.236 e. The van der Waals surface area contributed by atoms with Crippen LogP contribution in [0.1, 0.15) is 17.3 Å². The third kappa shape index (κ3) is 1.85. The molecule has 0 amide bonds. The second-order valence-corrected chi connectivity index (χ2v) is 3.03. The van der Waals surface area contributed by atoms with Crippen LogP contribution in [0, 0.1) is 30.2 Å². The molecule has 0 bridgehead atoms. The van der Waals surface area contributed by atoms with Gasteiger partial charge in [0.05, 0.1) is 5.56 Å². The van der Waals surface area contributed by atoms with Crippen LogP contribution in [0.25, 0.3) is 0 Å². The van der Waals surface area contributed by atoms with Crippen LogP contribution in [0.5, 0.6) is 0 Å². The number of halogens is 7. The Balaban J connectivity index is 3.51. The first-order chi connectivity index (χ1) is 7.29. The minimum Gasteiger partial charge on any atom is -0.236 e. The third-order valence-electron chi connectivity index (χ3n) is 2.01. The fraction of sp³-hybridized carbons (Fsp3) is 0.333. The molecular weight excluding hydrogens is 241 g/mol. The fourth-order valence-electron chi connectivity index (χ4n) is 1.13. The third-order valence-corrected chi connectivity index (χ3v) is 2.01. The molecule has 0 heterocycles. The summed E-state index contributed by atoms with van der Waals surface area (Å²) in [6.07, 6.45) is -7.19. The van der Waals surface area contributed by atoms with E-state index in [1.165, 1.54) is 0 Å². The zero-order valence-electron chi connectivity index (χ0n) is 7.80. The molecule has 0 N–H and O–H groups in total. The summed E-state index contributed by atoms with van der Waals surface area (Å²) in [5.74, 6) is -8.03. The van der Waals surface area contributed by atoms with Crippen molar-refractivity contribution in [3.8, 4) is 0 Å². The molecule has 0 saturated carbocycles. The fourth-order valence-corrected chi connectivity index (χ4v) is 1.13. The van der Waals surface area contributed by atoms with E-state index in [-0.39, 0.29) is 0 Å². The van der Waals surface area contributed by atoms with Gasteiger partial charge in [-0.05, 0) is 6.92 Å². The van der Waals surface area contributed by atoms with Crippen molar-refractivity contribution in [2.45, 2.75) is 19.5 Å². The predicted molar refractivity (Wildman–Crippen MR) is 40.9 cm³/mol. The summed E-state index contributed by atoms with van der Waals surface area (Å²) in [4.78, 5) is 0. The molecule has 0 aliphatic carbocycles. The van der Waals surface area contributed by atoms with Crippen LogP contribution in [-0.2, 0) is 0 Å². The molecule has 0 radical (unpaired) electrons. The topological polar surface area (TPSA) is 0 Å². The second-order valence-electron chi connectivity index (χ2n) is 3.03. The lowest BCUT2D eigenvalue weighted by Crippen LogP contribution is -2.13. The van der Waals surface area contributed by atoms with Crippen LogP contribution in [0.3, 0.4) is 0 Å². The SMILES string of the molecule is Cc1c(F)c(F)c(C(F)C(F)F)c(F)c1F. The molecule has 1 aromatic carbocycles. The van der Waals surface area contributed by atoms with E-state index >= 15 is 0 Å². The summed E-state index contributed by atoms with van der Waals surface area (Å²) in [5.41, 5.74) is -2.95. The molecule has 1 unspecified atom stereocenters. The van der Waals surface area contributed by atoms with Crippen molar-refractivity contribution in [1.29, 1.82) is 0 Å². The van der Waals surface area contributed by atoms with E-state index in [4.69, 9.17) is 0 Å². The number of hydrogen-bond acceptors (Lipinski definition) is 0. The minimum atomic E-state index is -3.77. The Hall–Kier alpha value is -1.27. The normalized spacial score (nSPS) is 13.3. The molecule has 0 saturated heterocycles. The standard InChI is InChI=1S/C9H5F7/c1-2-4(10)6(12)3(7(13)5(2)11)8(14)9(15)16/h8-9H,1H3. The summed E-state index contributed by atoms with van der Waals surface area (Å²) in [6.45, 7) is 0.705. The average Bonchev–Trinajstić information content (AvgIpc) is 2.23. The Bertz CT molecular complexity index is 384. The van der Waals surface area contributed by atoms with Gasteiger partial charge in [0.15, 0.2) is 29.4 Å². The Morgan fingerprint density at radius 1 is 0.750 bits per heavy atom. The van der Waals surface area contributed by atoms with Gasteiger partial charge in [-0.2, -0.15) is 0 Å². The van der Waals surface area contributed by atoms with Gasteiger partial charge in [0.25, 0.3) is 6.43 Å². The van der Waals surface area contributed by atoms with Crippen molar-refractivity contribution in [3.63, 3.8) is 0 Å². The first-order valence-corrected chi connectivity index (χ1v) is 4.03. The molecule has 0 fully saturated rings. The van der Waals surface area contributed by atoms with Gasteiger partial charge in [-0.1, -0.05) is 0 Å². The van der Waals surface area contributed by atoms with E-state index in [1.807, 2.05) is 0 Å². The molecule has 0 nitrogen and oxygen atoms in total. The number of hydrogen-bond donors (Lipinski definition) is 0. The van der Waals surface area contributed by atoms with Crippen LogP contribution >= 0.6 is 0 Å². The van der Waals surface area contributed by atoms with Crippen molar-refractivity contribution in [2.75, 3.05) is 0 Å². The lowest BCUT2D eigenvalue weighted by atomic mass is 10.1. The van der Waals surface area contributed by atoms with Gasteiger partial charge >= 0.3 is 0 Å². The van der Waals surface area contributed by atoms with E-state index in [0.29, 0.717) is 6.92 Å². The summed E-state index contributed by atoms with van der Waals surface area (Å²) in [7, 11) is 0. The Labute approximate surface area is 85.7 Å². The molecular formula is C9H5F7. The van der Waals surface area contributed by atoms with E-state index < -0.39 is 47.0 Å². The van der Waals surface area contributed by atoms with Crippen molar-refractivity contribution >= 4 is 0 Å². The van der Waals surface area contributed by atoms with Crippen LogP contribution in [0.2, 0.25) is 0 Å². The van der Waals surface area contributed by atoms with Crippen molar-refractivity contribution in [1.82, 2.24) is 0 Å². The Morgan fingerprint density at radius 2 is 1.12 bits per heavy atom. The van der Waals surface area contributed by atoms with E-state index in [9.17, 15) is 30.7 Å². The lowest BCUT2D eigenvalue weighted by molar-refractivity contribution is 0.0446. The summed E-state index contributed by atoms with van der Waals surface area (Å²) in [5, 5.41) is 0. The molecule has 0 spiro atoms. The van der Waals surface area contributed by atoms with E-state index in [0.717, 1.165) is 0 Å². The highest BCUT2D eigenvalue weighted by molar-refractivity contribution is 5.30. The Kier molecular flexibility index (Phi) is 3.44. The van der Waals surface area contributed by atoms with Gasteiger partial charge < -0.3 is 0 Å². The van der Waals surface area contributed by atoms with E-state index in [1.54, 1.807) is 0 Å². The first kappa shape index (κ1) is 12.8. The molecule has 1 rings (SSSR count). The molecule has 0 aliphatic heterocycles. The molecule has 1 atom stereocenters. The van der Waals surface area contributed by atoms with Crippen LogP contribution in [0.4, 0.5) is 30.7 Å². The highest BCUT2D eigenvalue weighted by Crippen LogP contribution is 2.33. The minimum absolute atomic E-state index is 0.705. The molecule has 16 heavy (non-hydrogen) atoms. The number of rotatable bonds is 2. The van der Waals surface area contributed by atoms with E-state index in [2.05, 4.69) is 0 Å². The van der Waals surface area contributed by atoms with Gasteiger partial charge in [-0.3, -0.25) is 0 Å². The maximum absolute atomic E-state index is 13.0. The average molecular weight is 246 g/mol. The summed E-state index contributed by atoms with van der Waals surface area (Å²) >= 11 is 0. The number of benzene rings is 1. The number of alkyl halides is 3. The highest BCUT2D eigenvalue weighted by atomic mass is 19.3. The van der Waals surface area contributed by atoms with Crippen LogP contribution < -0.4 is 0 Å². The predicted octanol–water partition coefficient (Wildman–Crippen LogP) is 3.83. The highest BCUT2D eigenvalue weighted by Gasteiger charge is 2.33. The van der Waals surface area contributed by atoms with Crippen LogP contribution in [0.15, 0.2) is 0 Å². The largest absolute Gasteiger partial charge is 0.273 e. The maximum atomic E-state index is 13.0. The van der Waals surface area contributed by atoms with Crippen LogP contribution in [-0.4, -0.2) is 6.43 Å². The van der Waals surface area contributed by atoms with Gasteiger partial charge in [0.1, 0.15) is 0 Å². The zero-order valence-corrected chi connectivity index (χ0v) is 7.80. The van der Waals surface area contributed by atoms with Crippen molar-refractivity contribution in [2.24, 2.45) is 0 Å². The van der Waals surface area contributed by atoms with Gasteiger partial charge in [0, 0.05) is 5.56 Å². The van der Waals surface area contributed by atoms with Gasteiger partial charge in [-0.25, -0.2) is 30.7 Å². The monoisotopic (exact) mass is 246 g/mol. The molecule has 1 aromatic rings. The molecule has 90 valence electrons. The second kappa shape index (κ2) is 4.31. The first-order valence-electron chi connectivity index (χ1n) is 4.03. The Morgan fingerprint density at radius 3 is 1.44 bits per heavy atom. The lowest BCUT2D eigenvalue weighted by Gasteiger charge is -2.12. The van der Waals surface area contributed by atoms with Crippen molar-refractivity contribution < 1.29 is 30.7 Å². The maximum Gasteiger partial charge on any atom is 0.273 e. The quantitative estimate of drug-likeness (QED) is 0.549. The molecule has 0 aliphatic rings. The molecule has 0 aromatic heterocycles. The zero-order chi connectivity index (χ0) is 12.6. The summed E-state index contributed by atoms with van der Waals surface area (Å²) in [6, 6.07) is 0. The molecule has 7 heteroatoms. The van der Waals surface area contributed by atoms with Gasteiger partial charge in [-0.15, -0.1) is 0 Å². The summed E-state index contributed by atoms with van der Waals surface area (Å²) < 4.78 is 88.1. The van der Waals surface area contributed by atoms with Crippen molar-refractivity contribution in [3.05, 3.63) is 34.4 Å². The van der Waals surface area contributed by atoms with Gasteiger partial charge in [0.2, 0.25) is 0 Å².